The number of nitrogens with zero attached hydrogens (tertiary/aromatic N) is 1. The van der Waals surface area contributed by atoms with Crippen LogP contribution in [0.4, 0.5) is 0 Å². The molecule has 0 radical (unpaired) electrons. The van der Waals surface area contributed by atoms with Crippen molar-refractivity contribution in [1.82, 2.24) is 0 Å². The van der Waals surface area contributed by atoms with Gasteiger partial charge in [0.05, 0.1) is 6.07 Å². The minimum Gasteiger partial charge on any atom is -0.197 e. The molecule has 14 heavy (non-hydrogen) atoms. The molecule has 0 aromatic carbocycles. The quantitative estimate of drug-likeness (QED) is 0.708. The van der Waals surface area contributed by atoms with Gasteiger partial charge in [0.1, 0.15) is 4.75 Å². The molecule has 0 N–H and O–H groups in total. The molecule has 0 saturated heterocycles. The fourth-order valence-electron chi connectivity index (χ4n) is 1.84. The van der Waals surface area contributed by atoms with Crippen molar-refractivity contribution in [2.24, 2.45) is 11.8 Å². The average molecular weight is 211 g/mol. The molecule has 0 unspecified atom stereocenters. The minimum absolute atomic E-state index is 0.0449. The summed E-state index contributed by atoms with van der Waals surface area (Å²) >= 11 is 1.89. The maximum Gasteiger partial charge on any atom is 0.102 e. The van der Waals surface area contributed by atoms with E-state index in [1.165, 1.54) is 12.8 Å². The molecule has 0 aromatic heterocycles. The van der Waals surface area contributed by atoms with Crippen LogP contribution in [0, 0.1) is 23.2 Å². The zero-order valence-electron chi connectivity index (χ0n) is 9.55. The SMILES string of the molecule is CC(C)CSC1(C#N)CCC(C)CC1. The van der Waals surface area contributed by atoms with Crippen LogP contribution in [0.1, 0.15) is 46.5 Å². The number of thioether (sulfide) groups is 1. The van der Waals surface area contributed by atoms with Crippen LogP contribution in [0.15, 0.2) is 0 Å². The number of nitriles is 1. The largest absolute Gasteiger partial charge is 0.197 e. The lowest BCUT2D eigenvalue weighted by atomic mass is 9.83. The third-order valence-corrected chi connectivity index (χ3v) is 4.86. The summed E-state index contributed by atoms with van der Waals surface area (Å²) in [4.78, 5) is 0. The van der Waals surface area contributed by atoms with Gasteiger partial charge in [0.25, 0.3) is 0 Å². The van der Waals surface area contributed by atoms with Gasteiger partial charge in [0.15, 0.2) is 0 Å². The normalized spacial score (nSPS) is 32.9. The van der Waals surface area contributed by atoms with Crippen molar-refractivity contribution >= 4 is 11.8 Å². The van der Waals surface area contributed by atoms with E-state index in [-0.39, 0.29) is 4.75 Å². The van der Waals surface area contributed by atoms with Crippen molar-refractivity contribution in [3.63, 3.8) is 0 Å². The Balaban J connectivity index is 2.47. The smallest absolute Gasteiger partial charge is 0.102 e. The van der Waals surface area contributed by atoms with E-state index in [1.807, 2.05) is 11.8 Å². The molecule has 1 aliphatic rings. The first kappa shape index (κ1) is 11.9. The van der Waals surface area contributed by atoms with Crippen molar-refractivity contribution in [1.29, 1.82) is 5.26 Å². The van der Waals surface area contributed by atoms with Gasteiger partial charge < -0.3 is 0 Å². The standard InChI is InChI=1S/C12H21NS/c1-10(2)8-14-12(9-13)6-4-11(3)5-7-12/h10-11H,4-8H2,1-3H3. The molecule has 0 atom stereocenters. The van der Waals surface area contributed by atoms with Crippen molar-refractivity contribution in [2.75, 3.05) is 5.75 Å². The summed E-state index contributed by atoms with van der Waals surface area (Å²) in [5.41, 5.74) is 0. The van der Waals surface area contributed by atoms with Crippen LogP contribution in [-0.2, 0) is 0 Å². The molecule has 80 valence electrons. The van der Waals surface area contributed by atoms with Gasteiger partial charge in [-0.1, -0.05) is 20.8 Å². The Morgan fingerprint density at radius 3 is 2.43 bits per heavy atom. The molecule has 0 heterocycles. The third-order valence-electron chi connectivity index (χ3n) is 2.98. The Morgan fingerprint density at radius 2 is 2.00 bits per heavy atom. The molecule has 0 aliphatic heterocycles. The summed E-state index contributed by atoms with van der Waals surface area (Å²) in [7, 11) is 0. The minimum atomic E-state index is -0.0449. The Kier molecular flexibility index (Phi) is 4.31. The fraction of sp³-hybridized carbons (Fsp3) is 0.917. The molecule has 0 aromatic rings. The van der Waals surface area contributed by atoms with Crippen molar-refractivity contribution < 1.29 is 0 Å². The lowest BCUT2D eigenvalue weighted by Gasteiger charge is -2.33. The summed E-state index contributed by atoms with van der Waals surface area (Å²) in [5.74, 6) is 2.66. The molecule has 1 saturated carbocycles. The maximum absolute atomic E-state index is 9.27. The van der Waals surface area contributed by atoms with E-state index < -0.39 is 0 Å². The van der Waals surface area contributed by atoms with Gasteiger partial charge in [0, 0.05) is 0 Å². The fourth-order valence-corrected chi connectivity index (χ4v) is 3.08. The van der Waals surface area contributed by atoms with Gasteiger partial charge in [-0.25, -0.2) is 0 Å². The van der Waals surface area contributed by atoms with Crippen molar-refractivity contribution in [2.45, 2.75) is 51.2 Å². The van der Waals surface area contributed by atoms with E-state index in [0.717, 1.165) is 24.5 Å². The molecule has 0 amide bonds. The topological polar surface area (TPSA) is 23.8 Å². The van der Waals surface area contributed by atoms with Crippen molar-refractivity contribution in [3.8, 4) is 6.07 Å². The molecule has 0 bridgehead atoms. The highest BCUT2D eigenvalue weighted by Crippen LogP contribution is 2.41. The zero-order chi connectivity index (χ0) is 10.6. The van der Waals surface area contributed by atoms with Crippen LogP contribution in [0.3, 0.4) is 0 Å². The second-order valence-electron chi connectivity index (χ2n) is 4.99. The zero-order valence-corrected chi connectivity index (χ0v) is 10.4. The lowest BCUT2D eigenvalue weighted by molar-refractivity contribution is 0.357. The predicted molar refractivity (Wildman–Crippen MR) is 63.3 cm³/mol. The van der Waals surface area contributed by atoms with E-state index in [1.54, 1.807) is 0 Å². The average Bonchev–Trinajstić information content (AvgIpc) is 2.18. The maximum atomic E-state index is 9.27. The number of hydrogen-bond donors (Lipinski definition) is 0. The first-order chi connectivity index (χ1) is 6.58. The Bertz CT molecular complexity index is 209. The van der Waals surface area contributed by atoms with E-state index in [9.17, 15) is 5.26 Å². The van der Waals surface area contributed by atoms with Crippen LogP contribution in [0.2, 0.25) is 0 Å². The predicted octanol–water partition coefficient (Wildman–Crippen LogP) is 3.85. The number of rotatable bonds is 3. The van der Waals surface area contributed by atoms with Crippen LogP contribution in [-0.4, -0.2) is 10.5 Å². The summed E-state index contributed by atoms with van der Waals surface area (Å²) in [6.07, 6.45) is 4.67. The second-order valence-corrected chi connectivity index (χ2v) is 6.40. The van der Waals surface area contributed by atoms with Gasteiger partial charge in [-0.15, -0.1) is 11.8 Å². The molecule has 1 nitrogen and oxygen atoms in total. The second kappa shape index (κ2) is 5.07. The first-order valence-electron chi connectivity index (χ1n) is 5.63. The molecule has 1 rings (SSSR count). The summed E-state index contributed by atoms with van der Waals surface area (Å²) < 4.78 is -0.0449. The third kappa shape index (κ3) is 3.20. The molecule has 2 heteroatoms. The Morgan fingerprint density at radius 1 is 1.43 bits per heavy atom. The van der Waals surface area contributed by atoms with Crippen LogP contribution in [0.25, 0.3) is 0 Å². The molecular weight excluding hydrogens is 190 g/mol. The van der Waals surface area contributed by atoms with E-state index in [4.69, 9.17) is 0 Å². The van der Waals surface area contributed by atoms with Gasteiger partial charge in [-0.3, -0.25) is 0 Å². The van der Waals surface area contributed by atoms with Gasteiger partial charge in [-0.05, 0) is 43.3 Å². The summed E-state index contributed by atoms with van der Waals surface area (Å²) in [6.45, 7) is 6.75. The molecule has 1 aliphatic carbocycles. The Labute approximate surface area is 92.3 Å². The van der Waals surface area contributed by atoms with Gasteiger partial charge in [-0.2, -0.15) is 5.26 Å². The highest BCUT2D eigenvalue weighted by atomic mass is 32.2. The van der Waals surface area contributed by atoms with Crippen molar-refractivity contribution in [3.05, 3.63) is 0 Å². The van der Waals surface area contributed by atoms with E-state index >= 15 is 0 Å². The highest BCUT2D eigenvalue weighted by Gasteiger charge is 2.34. The first-order valence-corrected chi connectivity index (χ1v) is 6.62. The summed E-state index contributed by atoms with van der Waals surface area (Å²) in [5, 5.41) is 9.27. The molecule has 0 spiro atoms. The Hall–Kier alpha value is -0.160. The van der Waals surface area contributed by atoms with E-state index in [2.05, 4.69) is 26.8 Å². The van der Waals surface area contributed by atoms with Crippen LogP contribution >= 0.6 is 11.8 Å². The van der Waals surface area contributed by atoms with Crippen LogP contribution in [0.5, 0.6) is 0 Å². The molecular formula is C12H21NS. The number of hydrogen-bond acceptors (Lipinski definition) is 2. The highest BCUT2D eigenvalue weighted by molar-refractivity contribution is 8.00. The molecule has 1 fully saturated rings. The van der Waals surface area contributed by atoms with E-state index in [0.29, 0.717) is 5.92 Å². The van der Waals surface area contributed by atoms with Gasteiger partial charge >= 0.3 is 0 Å². The lowest BCUT2D eigenvalue weighted by Crippen LogP contribution is -2.29. The summed E-state index contributed by atoms with van der Waals surface area (Å²) in [6, 6.07) is 2.56. The van der Waals surface area contributed by atoms with Crippen LogP contribution < -0.4 is 0 Å². The van der Waals surface area contributed by atoms with Gasteiger partial charge in [0.2, 0.25) is 0 Å². The monoisotopic (exact) mass is 211 g/mol.